The molecule has 1 saturated heterocycles. The molecule has 34 heavy (non-hydrogen) atoms. The number of carbonyl (C=O) groups excluding carboxylic acids is 2. The number of rotatable bonds is 5. The first kappa shape index (κ1) is 23.5. The Bertz CT molecular complexity index is 1320. The highest BCUT2D eigenvalue weighted by Crippen LogP contribution is 2.42. The molecule has 4 rings (SSSR count). The topological polar surface area (TPSA) is 73.2 Å². The number of amides is 2. The summed E-state index contributed by atoms with van der Waals surface area (Å²) < 4.78 is 26.7. The van der Waals surface area contributed by atoms with E-state index in [4.69, 9.17) is 11.6 Å². The highest BCUT2D eigenvalue weighted by atomic mass is 35.5. The highest BCUT2D eigenvalue weighted by molar-refractivity contribution is 8.05. The molecular formula is C25H16ClF2N3O2S. The lowest BCUT2D eigenvalue weighted by Crippen LogP contribution is -2.31. The monoisotopic (exact) mass is 495 g/mol. The Morgan fingerprint density at radius 1 is 1.03 bits per heavy atom. The molecule has 3 aromatic carbocycles. The first-order valence-corrected chi connectivity index (χ1v) is 11.3. The molecule has 1 N–H and O–H groups in total. The molecule has 170 valence electrons. The van der Waals surface area contributed by atoms with E-state index in [0.717, 1.165) is 17.3 Å². The average molecular weight is 496 g/mol. The van der Waals surface area contributed by atoms with Crippen molar-refractivity contribution in [2.24, 2.45) is 0 Å². The van der Waals surface area contributed by atoms with Crippen LogP contribution in [0.1, 0.15) is 5.56 Å². The molecule has 1 aliphatic rings. The van der Waals surface area contributed by atoms with Gasteiger partial charge in [-0.05, 0) is 66.6 Å². The van der Waals surface area contributed by atoms with Crippen LogP contribution in [0, 0.1) is 23.0 Å². The Hall–Kier alpha value is -3.67. The first-order chi connectivity index (χ1) is 16.4. The van der Waals surface area contributed by atoms with E-state index in [-0.39, 0.29) is 28.6 Å². The number of halogens is 3. The zero-order valence-electron chi connectivity index (χ0n) is 17.5. The number of hydrogen-bond donors (Lipinski definition) is 1. The molecule has 2 amide bonds. The smallest absolute Gasteiger partial charge is 0.269 e. The van der Waals surface area contributed by atoms with Gasteiger partial charge in [0.1, 0.15) is 28.3 Å². The van der Waals surface area contributed by atoms with Gasteiger partial charge < -0.3 is 5.32 Å². The van der Waals surface area contributed by atoms with Crippen LogP contribution >= 0.6 is 23.4 Å². The van der Waals surface area contributed by atoms with Crippen molar-refractivity contribution in [1.29, 1.82) is 5.26 Å². The maximum Gasteiger partial charge on any atom is 0.269 e. The zero-order valence-corrected chi connectivity index (χ0v) is 19.0. The van der Waals surface area contributed by atoms with E-state index < -0.39 is 22.8 Å². The van der Waals surface area contributed by atoms with Crippen LogP contribution in [0.4, 0.5) is 20.2 Å². The molecule has 0 saturated carbocycles. The maximum absolute atomic E-state index is 13.5. The Morgan fingerprint density at radius 3 is 2.26 bits per heavy atom. The molecule has 0 aromatic heterocycles. The van der Waals surface area contributed by atoms with Crippen molar-refractivity contribution in [3.05, 3.63) is 106 Å². The normalized spacial score (nSPS) is 16.8. The molecule has 1 aliphatic heterocycles. The van der Waals surface area contributed by atoms with Crippen molar-refractivity contribution in [1.82, 2.24) is 0 Å². The van der Waals surface area contributed by atoms with E-state index in [0.29, 0.717) is 10.7 Å². The minimum absolute atomic E-state index is 0.121. The van der Waals surface area contributed by atoms with Gasteiger partial charge in [-0.1, -0.05) is 41.6 Å². The second-order valence-electron chi connectivity index (χ2n) is 7.31. The van der Waals surface area contributed by atoms with Gasteiger partial charge in [-0.2, -0.15) is 5.26 Å². The molecule has 0 radical (unpaired) electrons. The van der Waals surface area contributed by atoms with Crippen molar-refractivity contribution in [2.75, 3.05) is 10.2 Å². The van der Waals surface area contributed by atoms with Crippen LogP contribution < -0.4 is 10.2 Å². The van der Waals surface area contributed by atoms with Gasteiger partial charge in [0, 0.05) is 16.4 Å². The number of anilines is 2. The largest absolute Gasteiger partial charge is 0.321 e. The van der Waals surface area contributed by atoms with Gasteiger partial charge in [-0.15, -0.1) is 0 Å². The third-order valence-corrected chi connectivity index (χ3v) is 6.69. The third-order valence-electron chi connectivity index (χ3n) is 5.06. The summed E-state index contributed by atoms with van der Waals surface area (Å²) in [5, 5.41) is 12.3. The van der Waals surface area contributed by atoms with Gasteiger partial charge in [0.15, 0.2) is 0 Å². The lowest BCUT2D eigenvalue weighted by molar-refractivity contribution is -0.117. The van der Waals surface area contributed by atoms with Crippen molar-refractivity contribution in [3.63, 3.8) is 0 Å². The van der Waals surface area contributed by atoms with Gasteiger partial charge in [0.2, 0.25) is 5.91 Å². The maximum atomic E-state index is 13.5. The van der Waals surface area contributed by atoms with Crippen LogP contribution in [0.5, 0.6) is 0 Å². The molecule has 5 nitrogen and oxygen atoms in total. The van der Waals surface area contributed by atoms with Crippen molar-refractivity contribution >= 4 is 46.6 Å². The molecule has 0 aliphatic carbocycles. The fraction of sp³-hybridized carbons (Fsp3) is 0.0800. The molecule has 0 bridgehead atoms. The molecule has 1 heterocycles. The van der Waals surface area contributed by atoms with Crippen molar-refractivity contribution < 1.29 is 18.4 Å². The fourth-order valence-corrected chi connectivity index (χ4v) is 4.91. The number of nitrogens with zero attached hydrogens (tertiary/aromatic N) is 2. The molecule has 1 fully saturated rings. The summed E-state index contributed by atoms with van der Waals surface area (Å²) >= 11 is 7.33. The summed E-state index contributed by atoms with van der Waals surface area (Å²) in [6, 6.07) is 19.2. The standard InChI is InChI=1S/C25H16ClF2N3O2S/c26-21-4-2-1-3-15(21)13-22-24(33)31(19-11-7-17(28)8-12-19)25(34-22)20(14-29)23(32)30-18-9-5-16(27)6-10-18/h1-12,22H,13H2,(H,30,32)/b25-20+. The fourth-order valence-electron chi connectivity index (χ4n) is 3.40. The van der Waals surface area contributed by atoms with E-state index in [1.165, 1.54) is 53.4 Å². The number of hydrogen-bond acceptors (Lipinski definition) is 4. The van der Waals surface area contributed by atoms with Gasteiger partial charge in [0.25, 0.3) is 5.91 Å². The van der Waals surface area contributed by atoms with Crippen LogP contribution in [0.3, 0.4) is 0 Å². The molecular weight excluding hydrogens is 480 g/mol. The number of benzene rings is 3. The van der Waals surface area contributed by atoms with E-state index in [9.17, 15) is 23.6 Å². The molecule has 9 heteroatoms. The Labute approximate surface area is 203 Å². The summed E-state index contributed by atoms with van der Waals surface area (Å²) in [5.74, 6) is -2.08. The predicted octanol–water partition coefficient (Wildman–Crippen LogP) is 5.68. The van der Waals surface area contributed by atoms with Gasteiger partial charge in [-0.25, -0.2) is 8.78 Å². The summed E-state index contributed by atoms with van der Waals surface area (Å²) in [6.07, 6.45) is 0.267. The average Bonchev–Trinajstić information content (AvgIpc) is 3.13. The molecule has 1 unspecified atom stereocenters. The quantitative estimate of drug-likeness (QED) is 0.365. The summed E-state index contributed by atoms with van der Waals surface area (Å²) in [7, 11) is 0. The van der Waals surface area contributed by atoms with E-state index in [1.807, 2.05) is 6.07 Å². The number of thioether (sulfide) groups is 1. The summed E-state index contributed by atoms with van der Waals surface area (Å²) in [5.41, 5.74) is 1.05. The zero-order chi connectivity index (χ0) is 24.2. The second kappa shape index (κ2) is 10.1. The van der Waals surface area contributed by atoms with Gasteiger partial charge in [0.05, 0.1) is 5.25 Å². The lowest BCUT2D eigenvalue weighted by atomic mass is 10.1. The lowest BCUT2D eigenvalue weighted by Gasteiger charge is -2.18. The van der Waals surface area contributed by atoms with E-state index >= 15 is 0 Å². The summed E-state index contributed by atoms with van der Waals surface area (Å²) in [4.78, 5) is 27.6. The number of nitriles is 1. The molecule has 0 spiro atoms. The second-order valence-corrected chi connectivity index (χ2v) is 8.90. The van der Waals surface area contributed by atoms with Crippen LogP contribution in [0.25, 0.3) is 0 Å². The SMILES string of the molecule is N#C/C(C(=O)Nc1ccc(F)cc1)=C1\SC(Cc2ccccc2Cl)C(=O)N1c1ccc(F)cc1. The number of nitrogens with one attached hydrogen (secondary N) is 1. The van der Waals surface area contributed by atoms with E-state index in [2.05, 4.69) is 5.32 Å². The van der Waals surface area contributed by atoms with Gasteiger partial charge >= 0.3 is 0 Å². The van der Waals surface area contributed by atoms with Crippen LogP contribution in [0.2, 0.25) is 5.02 Å². The van der Waals surface area contributed by atoms with Crippen LogP contribution in [0.15, 0.2) is 83.4 Å². The minimum atomic E-state index is -0.755. The van der Waals surface area contributed by atoms with Crippen LogP contribution in [-0.2, 0) is 16.0 Å². The van der Waals surface area contributed by atoms with Crippen molar-refractivity contribution in [3.8, 4) is 6.07 Å². The highest BCUT2D eigenvalue weighted by Gasteiger charge is 2.41. The number of carbonyl (C=O) groups is 2. The van der Waals surface area contributed by atoms with Crippen molar-refractivity contribution in [2.45, 2.75) is 11.7 Å². The molecule has 1 atom stereocenters. The molecule has 3 aromatic rings. The Balaban J connectivity index is 1.73. The van der Waals surface area contributed by atoms with E-state index in [1.54, 1.807) is 24.3 Å². The van der Waals surface area contributed by atoms with Gasteiger partial charge in [-0.3, -0.25) is 14.5 Å². The summed E-state index contributed by atoms with van der Waals surface area (Å²) in [6.45, 7) is 0. The minimum Gasteiger partial charge on any atom is -0.321 e. The van der Waals surface area contributed by atoms with Crippen LogP contribution in [-0.4, -0.2) is 17.1 Å². The Kier molecular flexibility index (Phi) is 6.96. The predicted molar refractivity (Wildman–Crippen MR) is 128 cm³/mol. The first-order valence-electron chi connectivity index (χ1n) is 10.1. The third kappa shape index (κ3) is 4.96. The Morgan fingerprint density at radius 2 is 1.65 bits per heavy atom.